The number of halogens is 1. The van der Waals surface area contributed by atoms with E-state index in [0.29, 0.717) is 31.4 Å². The summed E-state index contributed by atoms with van der Waals surface area (Å²) < 4.78 is 45.9. The van der Waals surface area contributed by atoms with Crippen LogP contribution in [0.5, 0.6) is 5.75 Å². The highest BCUT2D eigenvalue weighted by molar-refractivity contribution is 5.89. The minimum Gasteiger partial charge on any atom is -0.482 e. The molecular formula is C40H40FNO8. The summed E-state index contributed by atoms with van der Waals surface area (Å²) in [6.45, 7) is 8.54. The lowest BCUT2D eigenvalue weighted by molar-refractivity contribution is -0.330. The molecule has 0 spiro atoms. The number of hydrogen-bond donors (Lipinski definition) is 1. The number of aliphatic hydroxyl groups is 1. The van der Waals surface area contributed by atoms with E-state index in [-0.39, 0.29) is 34.7 Å². The van der Waals surface area contributed by atoms with Gasteiger partial charge in [-0.2, -0.15) is 0 Å². The number of pyridine rings is 1. The number of benzene rings is 2. The Morgan fingerprint density at radius 1 is 1.04 bits per heavy atom. The first kappa shape index (κ1) is 32.8. The van der Waals surface area contributed by atoms with E-state index in [1.54, 1.807) is 30.6 Å². The minimum absolute atomic E-state index is 0.0357. The predicted octanol–water partition coefficient (Wildman–Crippen LogP) is 7.12. The number of hydrogen-bond acceptors (Lipinski definition) is 9. The van der Waals surface area contributed by atoms with Gasteiger partial charge in [-0.3, -0.25) is 4.98 Å². The monoisotopic (exact) mass is 681 g/mol. The van der Waals surface area contributed by atoms with Crippen molar-refractivity contribution in [3.63, 3.8) is 0 Å². The molecule has 0 amide bonds. The Bertz CT molecular complexity index is 2000. The van der Waals surface area contributed by atoms with E-state index >= 15 is 0 Å². The lowest BCUT2D eigenvalue weighted by Gasteiger charge is -2.67. The molecule has 1 N–H and O–H groups in total. The molecule has 1 saturated heterocycles. The van der Waals surface area contributed by atoms with Crippen molar-refractivity contribution in [2.24, 2.45) is 22.7 Å². The zero-order valence-electron chi connectivity index (χ0n) is 28.4. The highest BCUT2D eigenvalue weighted by Gasteiger charge is 2.71. The smallest absolute Gasteiger partial charge is 0.345 e. The number of aryl methyl sites for hydroxylation is 1. The Morgan fingerprint density at radius 2 is 1.84 bits per heavy atom. The number of aromatic nitrogens is 1. The van der Waals surface area contributed by atoms with Crippen LogP contribution < -0.4 is 10.4 Å². The van der Waals surface area contributed by atoms with Crippen molar-refractivity contribution in [3.8, 4) is 17.1 Å². The number of carbonyl (C=O) groups excluding carboxylic acids is 1. The fourth-order valence-electron chi connectivity index (χ4n) is 9.63. The highest BCUT2D eigenvalue weighted by Crippen LogP contribution is 2.68. The third kappa shape index (κ3) is 5.10. The molecule has 2 aliphatic heterocycles. The maximum absolute atomic E-state index is 13.8. The number of carbonyl (C=O) groups is 1. The second kappa shape index (κ2) is 11.9. The Kier molecular flexibility index (Phi) is 7.78. The molecule has 2 saturated carbocycles. The van der Waals surface area contributed by atoms with Crippen LogP contribution in [0.2, 0.25) is 0 Å². The van der Waals surface area contributed by atoms with Crippen molar-refractivity contribution in [1.82, 2.24) is 4.98 Å². The zero-order valence-corrected chi connectivity index (χ0v) is 28.4. The summed E-state index contributed by atoms with van der Waals surface area (Å²) in [5, 5.41) is 12.4. The van der Waals surface area contributed by atoms with Crippen molar-refractivity contribution >= 4 is 5.97 Å². The molecular weight excluding hydrogens is 641 g/mol. The van der Waals surface area contributed by atoms with Gasteiger partial charge in [0.1, 0.15) is 34.6 Å². The Hall–Kier alpha value is -4.38. The van der Waals surface area contributed by atoms with Crippen LogP contribution in [0.4, 0.5) is 4.39 Å². The Balaban J connectivity index is 1.21. The number of rotatable bonds is 4. The van der Waals surface area contributed by atoms with Gasteiger partial charge in [-0.25, -0.2) is 14.0 Å². The van der Waals surface area contributed by atoms with Crippen molar-refractivity contribution in [2.75, 3.05) is 6.61 Å². The number of esters is 1. The van der Waals surface area contributed by atoms with Crippen LogP contribution in [0.3, 0.4) is 0 Å². The van der Waals surface area contributed by atoms with E-state index in [9.17, 15) is 19.1 Å². The first-order valence-corrected chi connectivity index (χ1v) is 17.2. The van der Waals surface area contributed by atoms with Gasteiger partial charge in [0.2, 0.25) is 0 Å². The van der Waals surface area contributed by atoms with Crippen LogP contribution in [0.25, 0.3) is 11.3 Å². The molecule has 2 aromatic heterocycles. The van der Waals surface area contributed by atoms with Crippen molar-refractivity contribution in [2.45, 2.75) is 77.2 Å². The molecule has 2 aliphatic carbocycles. The van der Waals surface area contributed by atoms with Gasteiger partial charge in [0.05, 0.1) is 24.4 Å². The molecule has 3 fully saturated rings. The first-order valence-electron chi connectivity index (χ1n) is 17.2. The summed E-state index contributed by atoms with van der Waals surface area (Å²) in [4.78, 5) is 31.5. The van der Waals surface area contributed by atoms with Gasteiger partial charge in [0.15, 0.2) is 6.29 Å². The molecule has 4 aliphatic rings. The molecule has 9 nitrogen and oxygen atoms in total. The SMILES string of the molecule is Cc1cccc([C@@H]2OC[C@@]3(C)C4C[C@H](OC(=O)c5ccc(F)cc5)[C@@]5(C)Oc6cc(-c7cccnc7)oc(=O)c6[C@H](O)C5C4(C)CC[C@@H]3O2)c1. The largest absolute Gasteiger partial charge is 0.482 e. The molecule has 10 heteroatoms. The van der Waals surface area contributed by atoms with Crippen LogP contribution in [-0.4, -0.2) is 40.5 Å². The van der Waals surface area contributed by atoms with Crippen molar-refractivity contribution in [1.29, 1.82) is 0 Å². The van der Waals surface area contributed by atoms with Gasteiger partial charge < -0.3 is 28.5 Å². The molecule has 3 unspecified atom stereocenters. The molecule has 2 aromatic carbocycles. The van der Waals surface area contributed by atoms with Crippen LogP contribution in [0.1, 0.15) is 79.5 Å². The molecule has 0 radical (unpaired) electrons. The summed E-state index contributed by atoms with van der Waals surface area (Å²) in [6.07, 6.45) is 2.05. The molecule has 4 aromatic rings. The van der Waals surface area contributed by atoms with Crippen molar-refractivity contribution in [3.05, 3.63) is 118 Å². The van der Waals surface area contributed by atoms with E-state index in [0.717, 1.165) is 11.1 Å². The average Bonchev–Trinajstić information content (AvgIpc) is 3.09. The third-order valence-electron chi connectivity index (χ3n) is 12.0. The Morgan fingerprint density at radius 3 is 2.58 bits per heavy atom. The van der Waals surface area contributed by atoms with E-state index in [2.05, 4.69) is 24.9 Å². The molecule has 50 heavy (non-hydrogen) atoms. The average molecular weight is 682 g/mol. The zero-order chi connectivity index (χ0) is 35.0. The predicted molar refractivity (Wildman–Crippen MR) is 180 cm³/mol. The van der Waals surface area contributed by atoms with E-state index in [1.807, 2.05) is 32.0 Å². The standard InChI is InChI=1S/C40H40FNO8/c1-22-7-5-8-24(17-22)37-46-21-39(3)29-19-31(48-35(44)23-10-12-26(41)13-11-23)40(4)34(38(29,2)15-14-30(39)49-37)33(43)32-28(50-40)18-27(47-36(32)45)25-9-6-16-42-20-25/h5-13,16-18,20,29-31,33-34,37,43H,14-15,19,21H2,1-4H3/t29?,30-,31-,33-,34?,37+,38?,39-,40+/m0/s1. The van der Waals surface area contributed by atoms with Gasteiger partial charge in [-0.05, 0) is 80.8 Å². The normalized spacial score (nSPS) is 34.3. The van der Waals surface area contributed by atoms with Crippen LogP contribution in [0.15, 0.2) is 88.3 Å². The van der Waals surface area contributed by atoms with Crippen LogP contribution in [0, 0.1) is 35.4 Å². The molecule has 0 bridgehead atoms. The lowest BCUT2D eigenvalue weighted by Crippen LogP contribution is -2.71. The summed E-state index contributed by atoms with van der Waals surface area (Å²) in [6, 6.07) is 18.4. The lowest BCUT2D eigenvalue weighted by atomic mass is 9.42. The van der Waals surface area contributed by atoms with Gasteiger partial charge in [-0.1, -0.05) is 43.7 Å². The van der Waals surface area contributed by atoms with Crippen LogP contribution in [-0.2, 0) is 14.2 Å². The number of ether oxygens (including phenoxy) is 4. The maximum atomic E-state index is 13.8. The molecule has 8 rings (SSSR count). The summed E-state index contributed by atoms with van der Waals surface area (Å²) in [5.41, 5.74) is -0.253. The molecule has 4 heterocycles. The van der Waals surface area contributed by atoms with Gasteiger partial charge >= 0.3 is 11.6 Å². The van der Waals surface area contributed by atoms with E-state index < -0.39 is 58.3 Å². The summed E-state index contributed by atoms with van der Waals surface area (Å²) in [7, 11) is 0. The third-order valence-corrected chi connectivity index (χ3v) is 12.0. The maximum Gasteiger partial charge on any atom is 0.345 e. The minimum atomic E-state index is -1.30. The summed E-state index contributed by atoms with van der Waals surface area (Å²) in [5.74, 6) is -1.57. The quantitative estimate of drug-likeness (QED) is 0.225. The fraction of sp³-hybridized carbons (Fsp3) is 0.425. The Labute approximate surface area is 289 Å². The summed E-state index contributed by atoms with van der Waals surface area (Å²) >= 11 is 0. The number of fused-ring (bicyclic) bond motifs is 6. The molecule has 9 atom stereocenters. The van der Waals surface area contributed by atoms with Crippen LogP contribution >= 0.6 is 0 Å². The fourth-order valence-corrected chi connectivity index (χ4v) is 9.63. The van der Waals surface area contributed by atoms with Gasteiger partial charge in [0, 0.05) is 40.9 Å². The topological polar surface area (TPSA) is 117 Å². The van der Waals surface area contributed by atoms with Gasteiger partial charge in [-0.15, -0.1) is 0 Å². The van der Waals surface area contributed by atoms with E-state index in [4.69, 9.17) is 23.4 Å². The second-order valence-corrected chi connectivity index (χ2v) is 15.0. The van der Waals surface area contributed by atoms with Gasteiger partial charge in [0.25, 0.3) is 0 Å². The van der Waals surface area contributed by atoms with E-state index in [1.165, 1.54) is 24.3 Å². The highest BCUT2D eigenvalue weighted by atomic mass is 19.1. The molecule has 260 valence electrons. The number of nitrogens with zero attached hydrogens (tertiary/aromatic N) is 1. The van der Waals surface area contributed by atoms with Crippen molar-refractivity contribution < 1.29 is 37.7 Å². The number of aliphatic hydroxyl groups excluding tert-OH is 1. The first-order chi connectivity index (χ1) is 23.9. The second-order valence-electron chi connectivity index (χ2n) is 15.0.